The zero-order valence-electron chi connectivity index (χ0n) is 10.6. The third kappa shape index (κ3) is 5.30. The lowest BCUT2D eigenvalue weighted by atomic mass is 10.2. The molecule has 96 valence electrons. The number of thioether (sulfide) groups is 1. The van der Waals surface area contributed by atoms with Crippen LogP contribution in [0, 0.1) is 0 Å². The van der Waals surface area contributed by atoms with Crippen LogP contribution in [0.2, 0.25) is 5.02 Å². The van der Waals surface area contributed by atoms with Crippen LogP contribution in [0.15, 0.2) is 23.1 Å². The smallest absolute Gasteiger partial charge is 0.0556 e. The third-order valence-corrected chi connectivity index (χ3v) is 3.85. The Balaban J connectivity index is 2.69. The molecule has 0 aliphatic carbocycles. The molecule has 0 spiro atoms. The Morgan fingerprint density at radius 3 is 2.82 bits per heavy atom. The number of hydrogen-bond donors (Lipinski definition) is 1. The number of hydrogen-bond acceptors (Lipinski definition) is 3. The van der Waals surface area contributed by atoms with E-state index in [1.54, 1.807) is 18.9 Å². The van der Waals surface area contributed by atoms with E-state index < -0.39 is 0 Å². The average Bonchev–Trinajstić information content (AvgIpc) is 2.29. The molecule has 17 heavy (non-hydrogen) atoms. The summed E-state index contributed by atoms with van der Waals surface area (Å²) < 4.78 is 5.06. The molecule has 0 heterocycles. The van der Waals surface area contributed by atoms with Crippen molar-refractivity contribution >= 4 is 23.4 Å². The minimum Gasteiger partial charge on any atom is -0.384 e. The summed E-state index contributed by atoms with van der Waals surface area (Å²) in [6.07, 6.45) is 0. The molecule has 2 nitrogen and oxygen atoms in total. The maximum absolute atomic E-state index is 6.23. The summed E-state index contributed by atoms with van der Waals surface area (Å²) in [5.74, 6) is 0.926. The summed E-state index contributed by atoms with van der Waals surface area (Å²) in [5.41, 5.74) is 1.26. The molecule has 0 saturated carbocycles. The first-order valence-corrected chi connectivity index (χ1v) is 7.14. The highest BCUT2D eigenvalue weighted by Crippen LogP contribution is 2.30. The van der Waals surface area contributed by atoms with E-state index in [1.807, 2.05) is 12.1 Å². The lowest BCUT2D eigenvalue weighted by Crippen LogP contribution is -2.22. The van der Waals surface area contributed by atoms with Gasteiger partial charge in [0.1, 0.15) is 0 Å². The van der Waals surface area contributed by atoms with Crippen molar-refractivity contribution in [1.29, 1.82) is 0 Å². The number of nitrogens with one attached hydrogen (secondary N) is 1. The van der Waals surface area contributed by atoms with E-state index in [0.717, 1.165) is 23.9 Å². The maximum atomic E-state index is 6.23. The second-order valence-corrected chi connectivity index (χ2v) is 5.62. The quantitative estimate of drug-likeness (QED) is 0.606. The SMILES string of the molecule is COCCSc1c(Cl)cccc1CNC(C)C. The van der Waals surface area contributed by atoms with Crippen LogP contribution in [0.25, 0.3) is 0 Å². The molecule has 0 aliphatic rings. The van der Waals surface area contributed by atoms with E-state index in [0.29, 0.717) is 6.04 Å². The highest BCUT2D eigenvalue weighted by atomic mass is 35.5. The fourth-order valence-corrected chi connectivity index (χ4v) is 2.74. The van der Waals surface area contributed by atoms with E-state index >= 15 is 0 Å². The van der Waals surface area contributed by atoms with Gasteiger partial charge in [0.05, 0.1) is 11.6 Å². The van der Waals surface area contributed by atoms with E-state index in [9.17, 15) is 0 Å². The summed E-state index contributed by atoms with van der Waals surface area (Å²) in [5, 5.41) is 4.24. The van der Waals surface area contributed by atoms with E-state index in [-0.39, 0.29) is 0 Å². The lowest BCUT2D eigenvalue weighted by molar-refractivity contribution is 0.218. The van der Waals surface area contributed by atoms with Crippen molar-refractivity contribution < 1.29 is 4.74 Å². The summed E-state index contributed by atoms with van der Waals surface area (Å²) in [6.45, 7) is 5.88. The number of methoxy groups -OCH3 is 1. The molecule has 1 aromatic rings. The van der Waals surface area contributed by atoms with Crippen LogP contribution in [0.5, 0.6) is 0 Å². The molecule has 0 aliphatic heterocycles. The van der Waals surface area contributed by atoms with Crippen LogP contribution in [-0.4, -0.2) is 25.5 Å². The lowest BCUT2D eigenvalue weighted by Gasteiger charge is -2.13. The van der Waals surface area contributed by atoms with Crippen molar-refractivity contribution in [1.82, 2.24) is 5.32 Å². The molecular formula is C13H20ClNOS. The summed E-state index contributed by atoms with van der Waals surface area (Å²) >= 11 is 7.99. The third-order valence-electron chi connectivity index (χ3n) is 2.28. The zero-order chi connectivity index (χ0) is 12.7. The predicted octanol–water partition coefficient (Wildman–Crippen LogP) is 3.58. The molecule has 0 bridgehead atoms. The van der Waals surface area contributed by atoms with Gasteiger partial charge >= 0.3 is 0 Å². The summed E-state index contributed by atoms with van der Waals surface area (Å²) in [4.78, 5) is 1.17. The summed E-state index contributed by atoms with van der Waals surface area (Å²) in [6, 6.07) is 6.54. The van der Waals surface area contributed by atoms with Crippen LogP contribution >= 0.6 is 23.4 Å². The van der Waals surface area contributed by atoms with E-state index in [1.165, 1.54) is 10.5 Å². The Hall–Kier alpha value is -0.220. The van der Waals surface area contributed by atoms with E-state index in [2.05, 4.69) is 25.2 Å². The maximum Gasteiger partial charge on any atom is 0.0556 e. The van der Waals surface area contributed by atoms with Crippen LogP contribution < -0.4 is 5.32 Å². The molecule has 0 atom stereocenters. The van der Waals surface area contributed by atoms with Crippen molar-refractivity contribution in [2.75, 3.05) is 19.5 Å². The number of ether oxygens (including phenoxy) is 1. The van der Waals surface area contributed by atoms with Crippen LogP contribution in [0.4, 0.5) is 0 Å². The molecule has 0 unspecified atom stereocenters. The van der Waals surface area contributed by atoms with Gasteiger partial charge < -0.3 is 10.1 Å². The molecule has 1 rings (SSSR count). The van der Waals surface area contributed by atoms with Gasteiger partial charge in [-0.05, 0) is 11.6 Å². The molecule has 0 aromatic heterocycles. The Kier molecular flexibility index (Phi) is 6.97. The molecule has 1 aromatic carbocycles. The minimum absolute atomic E-state index is 0.478. The molecule has 4 heteroatoms. The average molecular weight is 274 g/mol. The molecule has 0 radical (unpaired) electrons. The Labute approximate surface area is 113 Å². The highest BCUT2D eigenvalue weighted by Gasteiger charge is 2.07. The Morgan fingerprint density at radius 1 is 1.41 bits per heavy atom. The highest BCUT2D eigenvalue weighted by molar-refractivity contribution is 7.99. The van der Waals surface area contributed by atoms with Gasteiger partial charge in [-0.2, -0.15) is 0 Å². The predicted molar refractivity (Wildman–Crippen MR) is 76.0 cm³/mol. The van der Waals surface area contributed by atoms with Crippen molar-refractivity contribution in [3.05, 3.63) is 28.8 Å². The van der Waals surface area contributed by atoms with Gasteiger partial charge in [0.25, 0.3) is 0 Å². The van der Waals surface area contributed by atoms with Gasteiger partial charge in [0, 0.05) is 30.3 Å². The number of halogens is 1. The zero-order valence-corrected chi connectivity index (χ0v) is 12.2. The first kappa shape index (κ1) is 14.8. The van der Waals surface area contributed by atoms with Crippen molar-refractivity contribution in [3.63, 3.8) is 0 Å². The second kappa shape index (κ2) is 7.98. The topological polar surface area (TPSA) is 21.3 Å². The van der Waals surface area contributed by atoms with Crippen molar-refractivity contribution in [2.24, 2.45) is 0 Å². The van der Waals surface area contributed by atoms with E-state index in [4.69, 9.17) is 16.3 Å². The number of benzene rings is 1. The standard InChI is InChI=1S/C13H20ClNOS/c1-10(2)15-9-11-5-4-6-12(14)13(11)17-8-7-16-3/h4-6,10,15H,7-9H2,1-3H3. The largest absolute Gasteiger partial charge is 0.384 e. The van der Waals surface area contributed by atoms with Gasteiger partial charge in [-0.1, -0.05) is 37.6 Å². The second-order valence-electron chi connectivity index (χ2n) is 4.10. The normalized spacial score (nSPS) is 11.1. The first-order chi connectivity index (χ1) is 8.15. The monoisotopic (exact) mass is 273 g/mol. The molecule has 1 N–H and O–H groups in total. The van der Waals surface area contributed by atoms with Crippen LogP contribution in [0.1, 0.15) is 19.4 Å². The van der Waals surface area contributed by atoms with Crippen molar-refractivity contribution in [3.8, 4) is 0 Å². The number of rotatable bonds is 7. The van der Waals surface area contributed by atoms with Gasteiger partial charge in [-0.15, -0.1) is 11.8 Å². The van der Waals surface area contributed by atoms with Gasteiger partial charge in [-0.25, -0.2) is 0 Å². The van der Waals surface area contributed by atoms with Gasteiger partial charge in [0.15, 0.2) is 0 Å². The Morgan fingerprint density at radius 2 is 2.18 bits per heavy atom. The fraction of sp³-hybridized carbons (Fsp3) is 0.538. The fourth-order valence-electron chi connectivity index (χ4n) is 1.40. The molecule has 0 fully saturated rings. The van der Waals surface area contributed by atoms with Crippen LogP contribution in [0.3, 0.4) is 0 Å². The van der Waals surface area contributed by atoms with Gasteiger partial charge in [0.2, 0.25) is 0 Å². The van der Waals surface area contributed by atoms with Crippen molar-refractivity contribution in [2.45, 2.75) is 31.3 Å². The minimum atomic E-state index is 0.478. The van der Waals surface area contributed by atoms with Crippen LogP contribution in [-0.2, 0) is 11.3 Å². The molecular weight excluding hydrogens is 254 g/mol. The Bertz CT molecular complexity index is 344. The molecule has 0 amide bonds. The first-order valence-electron chi connectivity index (χ1n) is 5.77. The molecule has 0 saturated heterocycles. The summed E-state index contributed by atoms with van der Waals surface area (Å²) in [7, 11) is 1.72. The van der Waals surface area contributed by atoms with Gasteiger partial charge in [-0.3, -0.25) is 0 Å².